The van der Waals surface area contributed by atoms with Crippen molar-refractivity contribution in [3.8, 4) is 11.5 Å². The van der Waals surface area contributed by atoms with Gasteiger partial charge in [-0.3, -0.25) is 4.79 Å². The van der Waals surface area contributed by atoms with Crippen LogP contribution in [0.15, 0.2) is 56.7 Å². The molecular weight excluding hydrogens is 356 g/mol. The van der Waals surface area contributed by atoms with Gasteiger partial charge in [-0.1, -0.05) is 17.7 Å². The zero-order valence-electron chi connectivity index (χ0n) is 14.6. The Kier molecular flexibility index (Phi) is 4.75. The molecule has 0 fully saturated rings. The number of rotatable bonds is 5. The van der Waals surface area contributed by atoms with Crippen molar-refractivity contribution in [3.05, 3.63) is 64.4 Å². The number of benzene rings is 1. The van der Waals surface area contributed by atoms with E-state index in [-0.39, 0.29) is 22.9 Å². The van der Waals surface area contributed by atoms with E-state index >= 15 is 0 Å². The molecule has 9 heteroatoms. The van der Waals surface area contributed by atoms with Crippen LogP contribution >= 0.6 is 0 Å². The summed E-state index contributed by atoms with van der Waals surface area (Å²) in [7, 11) is -0.789. The van der Waals surface area contributed by atoms with Crippen LogP contribution in [0.1, 0.15) is 11.5 Å². The Morgan fingerprint density at radius 3 is 2.42 bits per heavy atom. The third-order valence-corrected chi connectivity index (χ3v) is 5.60. The van der Waals surface area contributed by atoms with Crippen LogP contribution in [0.4, 0.5) is 0 Å². The Bertz CT molecular complexity index is 1080. The van der Waals surface area contributed by atoms with E-state index in [4.69, 9.17) is 4.42 Å². The Hall–Kier alpha value is -2.78. The zero-order valence-corrected chi connectivity index (χ0v) is 15.4. The quantitative estimate of drug-likeness (QED) is 0.671. The first-order valence-corrected chi connectivity index (χ1v) is 9.24. The fraction of sp³-hybridized carbons (Fsp3) is 0.235. The molecule has 1 aromatic carbocycles. The summed E-state index contributed by atoms with van der Waals surface area (Å²) < 4.78 is 32.4. The molecule has 0 aliphatic rings. The van der Waals surface area contributed by atoms with Gasteiger partial charge in [-0.15, -0.1) is 10.2 Å². The summed E-state index contributed by atoms with van der Waals surface area (Å²) in [6.45, 7) is 1.96. The van der Waals surface area contributed by atoms with E-state index in [1.165, 1.54) is 37.0 Å². The minimum Gasteiger partial charge on any atom is -0.419 e. The van der Waals surface area contributed by atoms with Crippen LogP contribution in [0.5, 0.6) is 0 Å². The lowest BCUT2D eigenvalue weighted by Gasteiger charge is -2.12. The average Bonchev–Trinajstić information content (AvgIpc) is 3.05. The molecule has 0 spiro atoms. The van der Waals surface area contributed by atoms with E-state index in [2.05, 4.69) is 10.2 Å². The van der Waals surface area contributed by atoms with Crippen molar-refractivity contribution in [1.82, 2.24) is 19.1 Å². The van der Waals surface area contributed by atoms with Crippen LogP contribution < -0.4 is 5.56 Å². The average molecular weight is 374 g/mol. The van der Waals surface area contributed by atoms with Gasteiger partial charge >= 0.3 is 0 Å². The molecule has 8 nitrogen and oxygen atoms in total. The molecule has 0 aliphatic heterocycles. The van der Waals surface area contributed by atoms with Gasteiger partial charge in [-0.25, -0.2) is 12.7 Å². The molecule has 3 aromatic rings. The number of hydrogen-bond acceptors (Lipinski definition) is 6. The third-order valence-electron chi connectivity index (χ3n) is 3.81. The zero-order chi connectivity index (χ0) is 18.9. The Labute approximate surface area is 150 Å². The van der Waals surface area contributed by atoms with E-state index in [0.717, 1.165) is 15.4 Å². The summed E-state index contributed by atoms with van der Waals surface area (Å²) in [5.74, 6) is 0.548. The highest BCUT2D eigenvalue weighted by molar-refractivity contribution is 7.89. The fourth-order valence-electron chi connectivity index (χ4n) is 2.27. The lowest BCUT2D eigenvalue weighted by atomic mass is 10.1. The van der Waals surface area contributed by atoms with E-state index in [0.29, 0.717) is 5.89 Å². The first kappa shape index (κ1) is 18.0. The first-order chi connectivity index (χ1) is 12.3. The summed E-state index contributed by atoms with van der Waals surface area (Å²) in [5, 5.41) is 7.92. The van der Waals surface area contributed by atoms with Crippen LogP contribution in [0, 0.1) is 6.92 Å². The molecule has 0 aliphatic carbocycles. The molecule has 136 valence electrons. The summed E-state index contributed by atoms with van der Waals surface area (Å²) >= 11 is 0. The third kappa shape index (κ3) is 3.58. The van der Waals surface area contributed by atoms with Gasteiger partial charge in [0, 0.05) is 31.9 Å². The van der Waals surface area contributed by atoms with Gasteiger partial charge in [0.2, 0.25) is 21.8 Å². The molecule has 2 aromatic heterocycles. The number of hydrogen-bond donors (Lipinski definition) is 0. The summed E-state index contributed by atoms with van der Waals surface area (Å²) in [4.78, 5) is 12.1. The number of aryl methyl sites for hydroxylation is 1. The minimum absolute atomic E-state index is 0.0142. The van der Waals surface area contributed by atoms with Gasteiger partial charge in [0.1, 0.15) is 6.54 Å². The lowest BCUT2D eigenvalue weighted by molar-refractivity contribution is 0.481. The monoisotopic (exact) mass is 374 g/mol. The van der Waals surface area contributed by atoms with Gasteiger partial charge in [0.05, 0.1) is 4.90 Å². The maximum atomic E-state index is 12.2. The summed E-state index contributed by atoms with van der Waals surface area (Å²) in [5.41, 5.74) is 1.52. The molecule has 2 heterocycles. The van der Waals surface area contributed by atoms with Crippen LogP contribution in [0.3, 0.4) is 0 Å². The minimum atomic E-state index is -3.64. The second-order valence-electron chi connectivity index (χ2n) is 5.99. The predicted octanol–water partition coefficient (Wildman–Crippen LogP) is 1.51. The van der Waals surface area contributed by atoms with E-state index in [1.54, 1.807) is 0 Å². The number of aromatic nitrogens is 3. The van der Waals surface area contributed by atoms with Crippen molar-refractivity contribution in [3.63, 3.8) is 0 Å². The van der Waals surface area contributed by atoms with Crippen LogP contribution in [-0.2, 0) is 16.6 Å². The smallest absolute Gasteiger partial charge is 0.251 e. The maximum Gasteiger partial charge on any atom is 0.251 e. The van der Waals surface area contributed by atoms with Gasteiger partial charge in [0.15, 0.2) is 0 Å². The van der Waals surface area contributed by atoms with Gasteiger partial charge < -0.3 is 8.98 Å². The first-order valence-electron chi connectivity index (χ1n) is 7.80. The molecule has 0 atom stereocenters. The summed E-state index contributed by atoms with van der Waals surface area (Å²) in [6, 6.07) is 10.1. The summed E-state index contributed by atoms with van der Waals surface area (Å²) in [6.07, 6.45) is 1.27. The van der Waals surface area contributed by atoms with Crippen LogP contribution in [-0.4, -0.2) is 41.6 Å². The van der Waals surface area contributed by atoms with E-state index < -0.39 is 10.0 Å². The number of pyridine rings is 1. The van der Waals surface area contributed by atoms with Gasteiger partial charge in [0.25, 0.3) is 5.56 Å². The second kappa shape index (κ2) is 6.85. The molecule has 0 amide bonds. The van der Waals surface area contributed by atoms with E-state index in [9.17, 15) is 13.2 Å². The molecule has 0 N–H and O–H groups in total. The van der Waals surface area contributed by atoms with Crippen LogP contribution in [0.25, 0.3) is 11.5 Å². The SMILES string of the molecule is Cc1ccc(-c2nnc(Cn3cc(S(=O)(=O)N(C)C)ccc3=O)o2)cc1. The molecule has 3 rings (SSSR count). The number of nitrogens with zero attached hydrogens (tertiary/aromatic N) is 4. The van der Waals surface area contributed by atoms with E-state index in [1.807, 2.05) is 31.2 Å². The van der Waals surface area contributed by atoms with Gasteiger partial charge in [-0.2, -0.15) is 0 Å². The topological polar surface area (TPSA) is 98.3 Å². The van der Waals surface area contributed by atoms with Crippen molar-refractivity contribution in [1.29, 1.82) is 0 Å². The molecule has 0 bridgehead atoms. The Morgan fingerprint density at radius 2 is 1.77 bits per heavy atom. The normalized spacial score (nSPS) is 11.8. The molecule has 0 radical (unpaired) electrons. The highest BCUT2D eigenvalue weighted by Gasteiger charge is 2.19. The Morgan fingerprint density at radius 1 is 1.08 bits per heavy atom. The highest BCUT2D eigenvalue weighted by atomic mass is 32.2. The second-order valence-corrected chi connectivity index (χ2v) is 8.14. The number of sulfonamides is 1. The largest absolute Gasteiger partial charge is 0.419 e. The molecule has 0 saturated heterocycles. The van der Waals surface area contributed by atoms with Gasteiger partial charge in [-0.05, 0) is 25.1 Å². The van der Waals surface area contributed by atoms with Crippen molar-refractivity contribution in [2.24, 2.45) is 0 Å². The van der Waals surface area contributed by atoms with Crippen molar-refractivity contribution < 1.29 is 12.8 Å². The van der Waals surface area contributed by atoms with Crippen LogP contribution in [0.2, 0.25) is 0 Å². The van der Waals surface area contributed by atoms with Crippen molar-refractivity contribution in [2.45, 2.75) is 18.4 Å². The molecule has 26 heavy (non-hydrogen) atoms. The Balaban J connectivity index is 1.90. The maximum absolute atomic E-state index is 12.2. The molecule has 0 saturated carbocycles. The molecule has 0 unspecified atom stereocenters. The lowest BCUT2D eigenvalue weighted by Crippen LogP contribution is -2.26. The standard InChI is InChI=1S/C17H18N4O4S/c1-12-4-6-13(7-5-12)17-19-18-15(25-17)11-21-10-14(8-9-16(21)22)26(23,24)20(2)3/h4-10H,11H2,1-3H3. The predicted molar refractivity (Wildman–Crippen MR) is 95.1 cm³/mol. The molecular formula is C17H18N4O4S. The fourth-order valence-corrected chi connectivity index (χ4v) is 3.19. The highest BCUT2D eigenvalue weighted by Crippen LogP contribution is 2.18. The van der Waals surface area contributed by atoms with Crippen molar-refractivity contribution >= 4 is 10.0 Å². The van der Waals surface area contributed by atoms with Crippen molar-refractivity contribution in [2.75, 3.05) is 14.1 Å².